The Morgan fingerprint density at radius 1 is 1.25 bits per heavy atom. The molecule has 3 heterocycles. The van der Waals surface area contributed by atoms with Gasteiger partial charge in [-0.25, -0.2) is 0 Å². The van der Waals surface area contributed by atoms with E-state index in [2.05, 4.69) is 15.7 Å². The van der Waals surface area contributed by atoms with Gasteiger partial charge < -0.3 is 10.2 Å². The summed E-state index contributed by atoms with van der Waals surface area (Å²) in [6, 6.07) is 3.44. The van der Waals surface area contributed by atoms with Crippen LogP contribution in [0.5, 0.6) is 0 Å². The second-order valence-electron chi connectivity index (χ2n) is 7.17. The number of anilines is 1. The van der Waals surface area contributed by atoms with Crippen molar-refractivity contribution in [2.24, 2.45) is 7.05 Å². The lowest BCUT2D eigenvalue weighted by molar-refractivity contribution is -0.149. The maximum Gasteiger partial charge on any atom is 0.409 e. The summed E-state index contributed by atoms with van der Waals surface area (Å²) in [5.74, 6) is -1.24. The number of carbonyl (C=O) groups is 2. The maximum atomic E-state index is 13.4. The van der Waals surface area contributed by atoms with Crippen LogP contribution in [0.1, 0.15) is 24.5 Å². The second-order valence-corrected chi connectivity index (χ2v) is 7.17. The van der Waals surface area contributed by atoms with Crippen LogP contribution < -0.4 is 15.5 Å². The highest BCUT2D eigenvalue weighted by atomic mass is 19.4. The summed E-state index contributed by atoms with van der Waals surface area (Å²) < 4.78 is 41.8. The van der Waals surface area contributed by atoms with Crippen LogP contribution in [-0.2, 0) is 16.6 Å². The number of imide groups is 1. The second kappa shape index (κ2) is 6.77. The Balaban J connectivity index is 1.71. The Hall–Kier alpha value is -2.62. The number of halogens is 3. The third-order valence-corrected chi connectivity index (χ3v) is 5.39. The molecule has 0 radical (unpaired) electrons. The van der Waals surface area contributed by atoms with Gasteiger partial charge in [-0.05, 0) is 24.6 Å². The lowest BCUT2D eigenvalue weighted by Crippen LogP contribution is -2.58. The van der Waals surface area contributed by atoms with Gasteiger partial charge in [-0.2, -0.15) is 18.3 Å². The molecule has 2 aromatic rings. The number of rotatable bonds is 2. The summed E-state index contributed by atoms with van der Waals surface area (Å²) in [7, 11) is 1.69. The molecule has 2 unspecified atom stereocenters. The Kier molecular flexibility index (Phi) is 4.53. The number of piperidine rings is 1. The predicted octanol–water partition coefficient (Wildman–Crippen LogP) is 1.43. The fraction of sp³-hybridized carbons (Fsp3) is 0.500. The van der Waals surface area contributed by atoms with Gasteiger partial charge in [0, 0.05) is 44.2 Å². The minimum atomic E-state index is -4.34. The molecular weight excluding hydrogens is 375 g/mol. The first-order valence-electron chi connectivity index (χ1n) is 9.10. The molecule has 2 aliphatic heterocycles. The van der Waals surface area contributed by atoms with E-state index in [1.165, 1.54) is 4.90 Å². The Morgan fingerprint density at radius 3 is 2.75 bits per heavy atom. The fourth-order valence-electron chi connectivity index (χ4n) is 3.97. The van der Waals surface area contributed by atoms with E-state index in [-0.39, 0.29) is 31.3 Å². The molecule has 28 heavy (non-hydrogen) atoms. The number of piperazine rings is 1. The highest BCUT2D eigenvalue weighted by Crippen LogP contribution is 2.35. The third kappa shape index (κ3) is 3.21. The first-order chi connectivity index (χ1) is 13.3. The predicted molar refractivity (Wildman–Crippen MR) is 95.9 cm³/mol. The van der Waals surface area contributed by atoms with E-state index in [1.54, 1.807) is 29.9 Å². The third-order valence-electron chi connectivity index (χ3n) is 5.39. The van der Waals surface area contributed by atoms with Crippen LogP contribution in [0.2, 0.25) is 0 Å². The molecule has 0 bridgehead atoms. The van der Waals surface area contributed by atoms with Gasteiger partial charge in [-0.15, -0.1) is 0 Å². The standard InChI is InChI=1S/C18H20F3N5O2/c1-25-13-8-10(26-7-6-22-9-14(26)18(19,20)21)2-3-11(13)16(24-25)12-4-5-15(27)23-17(12)28/h2-3,8,12,14,22H,4-7,9H2,1H3,(H,23,27,28). The first-order valence-corrected chi connectivity index (χ1v) is 9.10. The van der Waals surface area contributed by atoms with Crippen LogP contribution in [0, 0.1) is 0 Å². The van der Waals surface area contributed by atoms with Gasteiger partial charge in [0.25, 0.3) is 0 Å². The highest BCUT2D eigenvalue weighted by molar-refractivity contribution is 6.02. The van der Waals surface area contributed by atoms with E-state index in [0.717, 1.165) is 0 Å². The SMILES string of the molecule is Cn1nc(C2CCC(=O)NC2=O)c2ccc(N3CCNCC3C(F)(F)F)cc21. The Morgan fingerprint density at radius 2 is 2.04 bits per heavy atom. The fourth-order valence-corrected chi connectivity index (χ4v) is 3.97. The van der Waals surface area contributed by atoms with Gasteiger partial charge in [0.05, 0.1) is 17.1 Å². The number of carbonyl (C=O) groups excluding carboxylic acids is 2. The normalized spacial score (nSPS) is 23.9. The molecule has 2 amide bonds. The van der Waals surface area contributed by atoms with Gasteiger partial charge in [0.1, 0.15) is 6.04 Å². The van der Waals surface area contributed by atoms with Crippen molar-refractivity contribution in [3.63, 3.8) is 0 Å². The Bertz CT molecular complexity index is 939. The van der Waals surface area contributed by atoms with E-state index in [4.69, 9.17) is 0 Å². The smallest absolute Gasteiger partial charge is 0.357 e. The van der Waals surface area contributed by atoms with Gasteiger partial charge in [-0.1, -0.05) is 0 Å². The molecule has 7 nitrogen and oxygen atoms in total. The number of fused-ring (bicyclic) bond motifs is 1. The van der Waals surface area contributed by atoms with Crippen molar-refractivity contribution < 1.29 is 22.8 Å². The topological polar surface area (TPSA) is 79.3 Å². The number of hydrogen-bond donors (Lipinski definition) is 2. The summed E-state index contributed by atoms with van der Waals surface area (Å²) in [4.78, 5) is 25.0. The number of aromatic nitrogens is 2. The van der Waals surface area contributed by atoms with Crippen LogP contribution in [0.25, 0.3) is 10.9 Å². The van der Waals surface area contributed by atoms with E-state index >= 15 is 0 Å². The van der Waals surface area contributed by atoms with E-state index in [0.29, 0.717) is 35.2 Å². The number of nitrogens with one attached hydrogen (secondary N) is 2. The van der Waals surface area contributed by atoms with Crippen LogP contribution >= 0.6 is 0 Å². The molecule has 0 saturated carbocycles. The Labute approximate surface area is 158 Å². The number of aryl methyl sites for hydroxylation is 1. The van der Waals surface area contributed by atoms with E-state index in [1.807, 2.05) is 0 Å². The van der Waals surface area contributed by atoms with Crippen LogP contribution in [0.15, 0.2) is 18.2 Å². The van der Waals surface area contributed by atoms with Crippen molar-refractivity contribution in [1.29, 1.82) is 0 Å². The summed E-state index contributed by atoms with van der Waals surface area (Å²) >= 11 is 0. The maximum absolute atomic E-state index is 13.4. The highest BCUT2D eigenvalue weighted by Gasteiger charge is 2.45. The number of amides is 2. The molecule has 10 heteroatoms. The molecule has 2 atom stereocenters. The van der Waals surface area contributed by atoms with Crippen molar-refractivity contribution in [2.45, 2.75) is 31.0 Å². The molecule has 150 valence electrons. The lowest BCUT2D eigenvalue weighted by Gasteiger charge is -2.38. The minimum Gasteiger partial charge on any atom is -0.357 e. The van der Waals surface area contributed by atoms with Gasteiger partial charge in [-0.3, -0.25) is 19.6 Å². The molecule has 2 aliphatic rings. The average molecular weight is 395 g/mol. The number of alkyl halides is 3. The van der Waals surface area contributed by atoms with Gasteiger partial charge in [0.2, 0.25) is 11.8 Å². The quantitative estimate of drug-likeness (QED) is 0.753. The number of benzene rings is 1. The lowest BCUT2D eigenvalue weighted by atomic mass is 9.92. The summed E-state index contributed by atoms with van der Waals surface area (Å²) in [5.41, 5.74) is 1.66. The van der Waals surface area contributed by atoms with Crippen LogP contribution in [-0.4, -0.2) is 53.4 Å². The zero-order valence-corrected chi connectivity index (χ0v) is 15.2. The largest absolute Gasteiger partial charge is 0.409 e. The molecule has 2 fully saturated rings. The molecule has 1 aromatic heterocycles. The number of hydrogen-bond acceptors (Lipinski definition) is 5. The van der Waals surface area contributed by atoms with Crippen LogP contribution in [0.3, 0.4) is 0 Å². The van der Waals surface area contributed by atoms with Crippen molar-refractivity contribution in [3.05, 3.63) is 23.9 Å². The summed E-state index contributed by atoms with van der Waals surface area (Å²) in [6.45, 7) is 0.555. The average Bonchev–Trinajstić information content (AvgIpc) is 2.97. The van der Waals surface area contributed by atoms with Crippen LogP contribution in [0.4, 0.5) is 18.9 Å². The van der Waals surface area contributed by atoms with E-state index < -0.39 is 18.1 Å². The summed E-state index contributed by atoms with van der Waals surface area (Å²) in [6.07, 6.45) is -3.74. The molecule has 2 saturated heterocycles. The number of nitrogens with zero attached hydrogens (tertiary/aromatic N) is 3. The van der Waals surface area contributed by atoms with Crippen molar-refractivity contribution in [3.8, 4) is 0 Å². The molecule has 4 rings (SSSR count). The van der Waals surface area contributed by atoms with Gasteiger partial charge >= 0.3 is 6.18 Å². The van der Waals surface area contributed by atoms with Crippen molar-refractivity contribution >= 4 is 28.4 Å². The zero-order valence-electron chi connectivity index (χ0n) is 15.2. The summed E-state index contributed by atoms with van der Waals surface area (Å²) in [5, 5.41) is 10.3. The zero-order chi connectivity index (χ0) is 20.1. The first kappa shape index (κ1) is 18.7. The molecular formula is C18H20F3N5O2. The monoisotopic (exact) mass is 395 g/mol. The van der Waals surface area contributed by atoms with Crippen molar-refractivity contribution in [2.75, 3.05) is 24.5 Å². The molecule has 2 N–H and O–H groups in total. The molecule has 1 aromatic carbocycles. The minimum absolute atomic E-state index is 0.158. The molecule has 0 spiro atoms. The van der Waals surface area contributed by atoms with Crippen molar-refractivity contribution in [1.82, 2.24) is 20.4 Å². The van der Waals surface area contributed by atoms with E-state index in [9.17, 15) is 22.8 Å². The molecule has 0 aliphatic carbocycles. The van der Waals surface area contributed by atoms with Gasteiger partial charge in [0.15, 0.2) is 0 Å².